The van der Waals surface area contributed by atoms with Gasteiger partial charge >= 0.3 is 0 Å². The van der Waals surface area contributed by atoms with E-state index in [1.165, 1.54) is 31.2 Å². The van der Waals surface area contributed by atoms with Gasteiger partial charge in [0.2, 0.25) is 5.95 Å². The van der Waals surface area contributed by atoms with Crippen molar-refractivity contribution in [2.24, 2.45) is 0 Å². The van der Waals surface area contributed by atoms with E-state index in [1.807, 2.05) is 30.6 Å². The molecule has 1 saturated carbocycles. The Morgan fingerprint density at radius 2 is 2.16 bits per heavy atom. The zero-order valence-corrected chi connectivity index (χ0v) is 11.6. The first-order valence-corrected chi connectivity index (χ1v) is 7.21. The van der Waals surface area contributed by atoms with Crippen molar-refractivity contribution in [1.82, 2.24) is 9.55 Å². The number of nitrogens with zero attached hydrogens (tertiary/aromatic N) is 2. The third-order valence-electron chi connectivity index (χ3n) is 3.65. The highest BCUT2D eigenvalue weighted by Crippen LogP contribution is 2.22. The summed E-state index contributed by atoms with van der Waals surface area (Å²) in [5.74, 6) is 0.965. The summed E-state index contributed by atoms with van der Waals surface area (Å²) < 4.78 is 2.14. The monoisotopic (exact) mass is 275 g/mol. The fraction of sp³-hybridized carbons (Fsp3) is 0.400. The maximum atomic E-state index is 6.02. The van der Waals surface area contributed by atoms with Crippen LogP contribution in [0.25, 0.3) is 0 Å². The number of anilines is 1. The van der Waals surface area contributed by atoms with Crippen LogP contribution in [0.3, 0.4) is 0 Å². The smallest absolute Gasteiger partial charge is 0.203 e. The van der Waals surface area contributed by atoms with Crippen LogP contribution in [0.4, 0.5) is 5.95 Å². The topological polar surface area (TPSA) is 29.9 Å². The van der Waals surface area contributed by atoms with Gasteiger partial charge in [-0.15, -0.1) is 0 Å². The van der Waals surface area contributed by atoms with Gasteiger partial charge < -0.3 is 9.88 Å². The second-order valence-electron chi connectivity index (χ2n) is 5.13. The third-order valence-corrected chi connectivity index (χ3v) is 3.88. The molecule has 1 aromatic heterocycles. The van der Waals surface area contributed by atoms with Crippen molar-refractivity contribution in [1.29, 1.82) is 0 Å². The summed E-state index contributed by atoms with van der Waals surface area (Å²) in [6.45, 7) is 0.801. The predicted octanol–water partition coefficient (Wildman–Crippen LogP) is 3.94. The van der Waals surface area contributed by atoms with E-state index < -0.39 is 0 Å². The molecule has 0 unspecified atom stereocenters. The van der Waals surface area contributed by atoms with Gasteiger partial charge in [-0.05, 0) is 30.5 Å². The van der Waals surface area contributed by atoms with E-state index in [0.29, 0.717) is 6.04 Å². The fourth-order valence-electron chi connectivity index (χ4n) is 2.66. The lowest BCUT2D eigenvalue weighted by atomic mass is 10.2. The lowest BCUT2D eigenvalue weighted by molar-refractivity contribution is 0.716. The number of nitrogens with one attached hydrogen (secondary N) is 1. The van der Waals surface area contributed by atoms with Crippen molar-refractivity contribution in [3.63, 3.8) is 0 Å². The predicted molar refractivity (Wildman–Crippen MR) is 78.7 cm³/mol. The number of hydrogen-bond acceptors (Lipinski definition) is 2. The van der Waals surface area contributed by atoms with Gasteiger partial charge in [-0.1, -0.05) is 36.6 Å². The van der Waals surface area contributed by atoms with E-state index in [4.69, 9.17) is 11.6 Å². The fourth-order valence-corrected chi connectivity index (χ4v) is 2.87. The van der Waals surface area contributed by atoms with E-state index in [9.17, 15) is 0 Å². The van der Waals surface area contributed by atoms with Crippen LogP contribution in [0.15, 0.2) is 36.7 Å². The molecule has 1 heterocycles. The van der Waals surface area contributed by atoms with Gasteiger partial charge in [-0.2, -0.15) is 0 Å². The molecule has 0 amide bonds. The van der Waals surface area contributed by atoms with Crippen molar-refractivity contribution in [2.75, 3.05) is 5.32 Å². The quantitative estimate of drug-likeness (QED) is 0.916. The Labute approximate surface area is 118 Å². The van der Waals surface area contributed by atoms with E-state index in [0.717, 1.165) is 17.5 Å². The maximum Gasteiger partial charge on any atom is 0.203 e. The lowest BCUT2D eigenvalue weighted by Crippen LogP contribution is -2.18. The van der Waals surface area contributed by atoms with Gasteiger partial charge in [0.05, 0.1) is 6.54 Å². The van der Waals surface area contributed by atoms with Crippen LogP contribution in [0.5, 0.6) is 0 Å². The van der Waals surface area contributed by atoms with Crippen molar-refractivity contribution in [3.8, 4) is 0 Å². The average Bonchev–Trinajstić information content (AvgIpc) is 3.03. The van der Waals surface area contributed by atoms with E-state index in [1.54, 1.807) is 0 Å². The Morgan fingerprint density at radius 1 is 1.32 bits per heavy atom. The van der Waals surface area contributed by atoms with Crippen LogP contribution in [0.2, 0.25) is 5.02 Å². The molecule has 4 heteroatoms. The zero-order valence-electron chi connectivity index (χ0n) is 10.8. The molecular weight excluding hydrogens is 258 g/mol. The van der Waals surface area contributed by atoms with Crippen LogP contribution < -0.4 is 5.32 Å². The first kappa shape index (κ1) is 12.5. The summed E-state index contributed by atoms with van der Waals surface area (Å²) in [6, 6.07) is 8.56. The van der Waals surface area contributed by atoms with Gasteiger partial charge in [-0.3, -0.25) is 0 Å². The second kappa shape index (κ2) is 5.66. The molecule has 1 fully saturated rings. The van der Waals surface area contributed by atoms with E-state index >= 15 is 0 Å². The van der Waals surface area contributed by atoms with Gasteiger partial charge in [-0.25, -0.2) is 4.98 Å². The highest BCUT2D eigenvalue weighted by molar-refractivity contribution is 6.30. The molecule has 1 aliphatic rings. The molecule has 100 valence electrons. The summed E-state index contributed by atoms with van der Waals surface area (Å²) >= 11 is 6.02. The molecule has 0 radical (unpaired) electrons. The maximum absolute atomic E-state index is 6.02. The molecule has 19 heavy (non-hydrogen) atoms. The molecular formula is C15H18ClN3. The van der Waals surface area contributed by atoms with Gasteiger partial charge in [0.1, 0.15) is 0 Å². The Balaban J connectivity index is 1.72. The first-order valence-electron chi connectivity index (χ1n) is 6.83. The molecule has 1 aliphatic carbocycles. The normalized spacial score (nSPS) is 15.8. The van der Waals surface area contributed by atoms with Crippen LogP contribution in [-0.4, -0.2) is 15.6 Å². The summed E-state index contributed by atoms with van der Waals surface area (Å²) in [6.07, 6.45) is 9.02. The second-order valence-corrected chi connectivity index (χ2v) is 5.57. The average molecular weight is 276 g/mol. The van der Waals surface area contributed by atoms with E-state index in [2.05, 4.69) is 20.9 Å². The van der Waals surface area contributed by atoms with Crippen LogP contribution >= 0.6 is 11.6 Å². The number of halogens is 1. The highest BCUT2D eigenvalue weighted by Gasteiger charge is 2.16. The lowest BCUT2D eigenvalue weighted by Gasteiger charge is -2.14. The number of aromatic nitrogens is 2. The minimum absolute atomic E-state index is 0.584. The van der Waals surface area contributed by atoms with Gasteiger partial charge in [0, 0.05) is 23.5 Å². The minimum Gasteiger partial charge on any atom is -0.353 e. The number of rotatable bonds is 4. The standard InChI is InChI=1S/C15H18ClN3/c16-13-5-3-4-12(10-13)11-19-9-8-17-15(19)18-14-6-1-2-7-14/h3-5,8-10,14H,1-2,6-7,11H2,(H,17,18). The van der Waals surface area contributed by atoms with Crippen LogP contribution in [0, 0.1) is 0 Å². The SMILES string of the molecule is Clc1cccc(Cn2ccnc2NC2CCCC2)c1. The largest absolute Gasteiger partial charge is 0.353 e. The third kappa shape index (κ3) is 3.10. The molecule has 0 bridgehead atoms. The van der Waals surface area contributed by atoms with Crippen molar-refractivity contribution in [2.45, 2.75) is 38.3 Å². The highest BCUT2D eigenvalue weighted by atomic mass is 35.5. The molecule has 0 spiro atoms. The van der Waals surface area contributed by atoms with E-state index in [-0.39, 0.29) is 0 Å². The Morgan fingerprint density at radius 3 is 2.95 bits per heavy atom. The zero-order chi connectivity index (χ0) is 13.1. The Kier molecular flexibility index (Phi) is 3.74. The molecule has 3 rings (SSSR count). The molecule has 2 aromatic rings. The number of imidazole rings is 1. The summed E-state index contributed by atoms with van der Waals surface area (Å²) in [4.78, 5) is 4.42. The summed E-state index contributed by atoms with van der Waals surface area (Å²) in [5.41, 5.74) is 1.19. The van der Waals surface area contributed by atoms with Crippen LogP contribution in [0.1, 0.15) is 31.2 Å². The number of hydrogen-bond donors (Lipinski definition) is 1. The van der Waals surface area contributed by atoms with Crippen molar-refractivity contribution < 1.29 is 0 Å². The first-order chi connectivity index (χ1) is 9.31. The van der Waals surface area contributed by atoms with Crippen molar-refractivity contribution >= 4 is 17.5 Å². The Hall–Kier alpha value is -1.48. The van der Waals surface area contributed by atoms with Crippen molar-refractivity contribution in [3.05, 3.63) is 47.2 Å². The molecule has 1 N–H and O–H groups in total. The molecule has 3 nitrogen and oxygen atoms in total. The van der Waals surface area contributed by atoms with Gasteiger partial charge in [0.25, 0.3) is 0 Å². The number of benzene rings is 1. The minimum atomic E-state index is 0.584. The Bertz CT molecular complexity index is 544. The summed E-state index contributed by atoms with van der Waals surface area (Å²) in [5, 5.41) is 4.32. The molecule has 0 atom stereocenters. The molecule has 0 saturated heterocycles. The summed E-state index contributed by atoms with van der Waals surface area (Å²) in [7, 11) is 0. The van der Waals surface area contributed by atoms with Crippen LogP contribution in [-0.2, 0) is 6.54 Å². The molecule has 0 aliphatic heterocycles. The molecule has 1 aromatic carbocycles. The van der Waals surface area contributed by atoms with Gasteiger partial charge in [0.15, 0.2) is 0 Å².